The molecular weight excluding hydrogens is 218 g/mol. The summed E-state index contributed by atoms with van der Waals surface area (Å²) >= 11 is 0. The molecule has 0 aliphatic heterocycles. The first-order valence-corrected chi connectivity index (χ1v) is 5.50. The second-order valence-electron chi connectivity index (χ2n) is 3.78. The number of ether oxygens (including phenoxy) is 2. The number of carbonyl (C=O) groups is 1. The molecule has 90 valence electrons. The van der Waals surface area contributed by atoms with Crippen LogP contribution in [0.5, 0.6) is 5.75 Å². The Kier molecular flexibility index (Phi) is 3.04. The summed E-state index contributed by atoms with van der Waals surface area (Å²) in [4.78, 5) is 14.7. The molecule has 0 atom stereocenters. The average molecular weight is 233 g/mol. The van der Waals surface area contributed by atoms with Gasteiger partial charge in [0.05, 0.1) is 19.2 Å². The van der Waals surface area contributed by atoms with E-state index in [1.165, 1.54) is 0 Å². The van der Waals surface area contributed by atoms with Crippen molar-refractivity contribution in [3.63, 3.8) is 0 Å². The SMILES string of the molecule is CCOC(=O)c1cc2c(C)ccc(OC)c2[nH]1. The molecule has 1 heterocycles. The summed E-state index contributed by atoms with van der Waals surface area (Å²) in [6, 6.07) is 5.64. The second-order valence-corrected chi connectivity index (χ2v) is 3.78. The number of aryl methyl sites for hydroxylation is 1. The van der Waals surface area contributed by atoms with Crippen LogP contribution in [0.3, 0.4) is 0 Å². The summed E-state index contributed by atoms with van der Waals surface area (Å²) in [5.41, 5.74) is 2.37. The van der Waals surface area contributed by atoms with Crippen molar-refractivity contribution in [1.82, 2.24) is 4.98 Å². The molecule has 2 aromatic rings. The second kappa shape index (κ2) is 4.49. The molecular formula is C13H15NO3. The number of esters is 1. The summed E-state index contributed by atoms with van der Waals surface area (Å²) in [5.74, 6) is 0.381. The maximum atomic E-state index is 11.6. The Balaban J connectivity index is 2.56. The Labute approximate surface area is 99.5 Å². The molecule has 0 unspecified atom stereocenters. The van der Waals surface area contributed by atoms with Crippen LogP contribution in [-0.4, -0.2) is 24.7 Å². The number of H-pyrrole nitrogens is 1. The number of rotatable bonds is 3. The molecule has 0 radical (unpaired) electrons. The third kappa shape index (κ3) is 1.98. The van der Waals surface area contributed by atoms with Gasteiger partial charge in [0.25, 0.3) is 0 Å². The molecule has 4 nitrogen and oxygen atoms in total. The molecule has 0 aliphatic carbocycles. The third-order valence-electron chi connectivity index (χ3n) is 2.69. The zero-order valence-electron chi connectivity index (χ0n) is 10.2. The van der Waals surface area contributed by atoms with Crippen LogP contribution in [0, 0.1) is 6.92 Å². The lowest BCUT2D eigenvalue weighted by molar-refractivity contribution is 0.0520. The molecule has 17 heavy (non-hydrogen) atoms. The van der Waals surface area contributed by atoms with Crippen LogP contribution in [-0.2, 0) is 4.74 Å². The first-order chi connectivity index (χ1) is 8.17. The van der Waals surface area contributed by atoms with E-state index < -0.39 is 0 Å². The smallest absolute Gasteiger partial charge is 0.354 e. The van der Waals surface area contributed by atoms with Gasteiger partial charge in [0.1, 0.15) is 11.4 Å². The molecule has 1 aromatic carbocycles. The molecule has 0 bridgehead atoms. The van der Waals surface area contributed by atoms with Crippen molar-refractivity contribution in [2.75, 3.05) is 13.7 Å². The van der Waals surface area contributed by atoms with Crippen LogP contribution in [0.1, 0.15) is 23.0 Å². The Hall–Kier alpha value is -1.97. The van der Waals surface area contributed by atoms with E-state index in [0.717, 1.165) is 22.2 Å². The molecule has 0 saturated heterocycles. The summed E-state index contributed by atoms with van der Waals surface area (Å²) in [7, 11) is 1.61. The van der Waals surface area contributed by atoms with E-state index in [2.05, 4.69) is 4.98 Å². The number of nitrogens with one attached hydrogen (secondary N) is 1. The van der Waals surface area contributed by atoms with Gasteiger partial charge in [0, 0.05) is 5.39 Å². The third-order valence-corrected chi connectivity index (χ3v) is 2.69. The highest BCUT2D eigenvalue weighted by atomic mass is 16.5. The van der Waals surface area contributed by atoms with Crippen molar-refractivity contribution in [2.24, 2.45) is 0 Å². The summed E-state index contributed by atoms with van der Waals surface area (Å²) in [6.45, 7) is 4.14. The van der Waals surface area contributed by atoms with Crippen LogP contribution in [0.4, 0.5) is 0 Å². The fraction of sp³-hybridized carbons (Fsp3) is 0.308. The van der Waals surface area contributed by atoms with Gasteiger partial charge in [-0.15, -0.1) is 0 Å². The van der Waals surface area contributed by atoms with Gasteiger partial charge in [-0.3, -0.25) is 0 Å². The largest absolute Gasteiger partial charge is 0.495 e. The van der Waals surface area contributed by atoms with Gasteiger partial charge in [-0.05, 0) is 31.5 Å². The van der Waals surface area contributed by atoms with Crippen LogP contribution in [0.2, 0.25) is 0 Å². The Morgan fingerprint density at radius 1 is 1.41 bits per heavy atom. The number of aromatic nitrogens is 1. The molecule has 0 fully saturated rings. The standard InChI is InChI=1S/C13H15NO3/c1-4-17-13(15)10-7-9-8(2)5-6-11(16-3)12(9)14-10/h5-7,14H,4H2,1-3H3. The topological polar surface area (TPSA) is 51.3 Å². The highest BCUT2D eigenvalue weighted by molar-refractivity contribution is 5.98. The fourth-order valence-corrected chi connectivity index (χ4v) is 1.82. The molecule has 0 saturated carbocycles. The predicted molar refractivity (Wildman–Crippen MR) is 65.5 cm³/mol. The van der Waals surface area contributed by atoms with Crippen LogP contribution in [0.15, 0.2) is 18.2 Å². The van der Waals surface area contributed by atoms with E-state index in [9.17, 15) is 4.79 Å². The first-order valence-electron chi connectivity index (χ1n) is 5.50. The van der Waals surface area contributed by atoms with Gasteiger partial charge in [-0.1, -0.05) is 6.07 Å². The Morgan fingerprint density at radius 2 is 2.18 bits per heavy atom. The van der Waals surface area contributed by atoms with Crippen molar-refractivity contribution < 1.29 is 14.3 Å². The summed E-state index contributed by atoms with van der Waals surface area (Å²) in [6.07, 6.45) is 0. The van der Waals surface area contributed by atoms with E-state index in [0.29, 0.717) is 12.3 Å². The molecule has 1 aromatic heterocycles. The lowest BCUT2D eigenvalue weighted by Crippen LogP contribution is -2.04. The van der Waals surface area contributed by atoms with Crippen molar-refractivity contribution in [3.05, 3.63) is 29.5 Å². The van der Waals surface area contributed by atoms with Crippen molar-refractivity contribution >= 4 is 16.9 Å². The number of benzene rings is 1. The van der Waals surface area contributed by atoms with Crippen LogP contribution in [0.25, 0.3) is 10.9 Å². The number of carbonyl (C=O) groups excluding carboxylic acids is 1. The molecule has 2 rings (SSSR count). The Morgan fingerprint density at radius 3 is 2.82 bits per heavy atom. The van der Waals surface area contributed by atoms with Crippen molar-refractivity contribution in [1.29, 1.82) is 0 Å². The van der Waals surface area contributed by atoms with E-state index in [4.69, 9.17) is 9.47 Å². The quantitative estimate of drug-likeness (QED) is 0.829. The minimum Gasteiger partial charge on any atom is -0.495 e. The van der Waals surface area contributed by atoms with Gasteiger partial charge >= 0.3 is 5.97 Å². The lowest BCUT2D eigenvalue weighted by Gasteiger charge is -2.02. The van der Waals surface area contributed by atoms with Gasteiger partial charge < -0.3 is 14.5 Å². The van der Waals surface area contributed by atoms with E-state index >= 15 is 0 Å². The zero-order valence-corrected chi connectivity index (χ0v) is 10.2. The van der Waals surface area contributed by atoms with E-state index in [1.807, 2.05) is 19.1 Å². The average Bonchev–Trinajstić information content (AvgIpc) is 2.76. The van der Waals surface area contributed by atoms with Gasteiger partial charge in [0.15, 0.2) is 0 Å². The van der Waals surface area contributed by atoms with Crippen molar-refractivity contribution in [3.8, 4) is 5.75 Å². The first kappa shape index (κ1) is 11.5. The molecule has 4 heteroatoms. The number of fused-ring (bicyclic) bond motifs is 1. The highest BCUT2D eigenvalue weighted by Crippen LogP contribution is 2.28. The van der Waals surface area contributed by atoms with E-state index in [1.54, 1.807) is 20.1 Å². The van der Waals surface area contributed by atoms with Gasteiger partial charge in [-0.25, -0.2) is 4.79 Å². The van der Waals surface area contributed by atoms with Gasteiger partial charge in [0.2, 0.25) is 0 Å². The van der Waals surface area contributed by atoms with E-state index in [-0.39, 0.29) is 5.97 Å². The van der Waals surface area contributed by atoms with Crippen LogP contribution >= 0.6 is 0 Å². The predicted octanol–water partition coefficient (Wildman–Crippen LogP) is 2.66. The molecule has 0 spiro atoms. The van der Waals surface area contributed by atoms with Crippen molar-refractivity contribution in [2.45, 2.75) is 13.8 Å². The molecule has 1 N–H and O–H groups in total. The summed E-state index contributed by atoms with van der Waals surface area (Å²) < 4.78 is 10.2. The lowest BCUT2D eigenvalue weighted by atomic mass is 10.1. The number of hydrogen-bond acceptors (Lipinski definition) is 3. The minimum absolute atomic E-state index is 0.342. The maximum Gasteiger partial charge on any atom is 0.354 e. The van der Waals surface area contributed by atoms with Gasteiger partial charge in [-0.2, -0.15) is 0 Å². The highest BCUT2D eigenvalue weighted by Gasteiger charge is 2.13. The normalized spacial score (nSPS) is 10.5. The Bertz CT molecular complexity index is 557. The number of hydrogen-bond donors (Lipinski definition) is 1. The zero-order chi connectivity index (χ0) is 12.4. The summed E-state index contributed by atoms with van der Waals surface area (Å²) in [5, 5.41) is 0.979. The number of aromatic amines is 1. The van der Waals surface area contributed by atoms with Crippen LogP contribution < -0.4 is 4.74 Å². The number of methoxy groups -OCH3 is 1. The fourth-order valence-electron chi connectivity index (χ4n) is 1.82. The maximum absolute atomic E-state index is 11.6. The minimum atomic E-state index is -0.342. The monoisotopic (exact) mass is 233 g/mol. The molecule has 0 amide bonds. The molecule has 0 aliphatic rings.